The number of rotatable bonds is 2. The first-order valence-corrected chi connectivity index (χ1v) is 7.37. The molecule has 1 aliphatic carbocycles. The SMILES string of the molecule is O=C1CCC(NC(=O)[C@@H]2CCCc3ccccc32)C(=O)N1. The molecule has 3 amide bonds. The molecule has 2 aliphatic rings. The van der Waals surface area contributed by atoms with Gasteiger partial charge in [0.1, 0.15) is 6.04 Å². The molecular formula is C16H18N2O3. The van der Waals surface area contributed by atoms with Gasteiger partial charge in [-0.05, 0) is 36.8 Å². The third-order valence-corrected chi connectivity index (χ3v) is 4.24. The van der Waals surface area contributed by atoms with E-state index in [1.807, 2.05) is 18.2 Å². The predicted octanol–water partition coefficient (Wildman–Crippen LogP) is 1.03. The van der Waals surface area contributed by atoms with Crippen LogP contribution in [0.3, 0.4) is 0 Å². The van der Waals surface area contributed by atoms with Crippen molar-refractivity contribution in [2.45, 2.75) is 44.1 Å². The third-order valence-electron chi connectivity index (χ3n) is 4.24. The number of hydrogen-bond donors (Lipinski definition) is 2. The molecule has 1 fully saturated rings. The van der Waals surface area contributed by atoms with Gasteiger partial charge in [-0.1, -0.05) is 24.3 Å². The van der Waals surface area contributed by atoms with Crippen LogP contribution in [0.25, 0.3) is 0 Å². The number of nitrogens with one attached hydrogen (secondary N) is 2. The number of piperidine rings is 1. The molecule has 0 aromatic heterocycles. The summed E-state index contributed by atoms with van der Waals surface area (Å²) in [6.07, 6.45) is 3.43. The molecule has 2 atom stereocenters. The molecule has 0 radical (unpaired) electrons. The number of hydrogen-bond acceptors (Lipinski definition) is 3. The van der Waals surface area contributed by atoms with E-state index >= 15 is 0 Å². The van der Waals surface area contributed by atoms with E-state index in [9.17, 15) is 14.4 Å². The van der Waals surface area contributed by atoms with Gasteiger partial charge in [0.25, 0.3) is 0 Å². The average Bonchev–Trinajstić information content (AvgIpc) is 2.49. The van der Waals surface area contributed by atoms with E-state index in [-0.39, 0.29) is 24.2 Å². The fourth-order valence-corrected chi connectivity index (χ4v) is 3.13. The van der Waals surface area contributed by atoms with Crippen LogP contribution >= 0.6 is 0 Å². The molecule has 1 aliphatic heterocycles. The van der Waals surface area contributed by atoms with E-state index in [4.69, 9.17) is 0 Å². The van der Waals surface area contributed by atoms with Crippen LogP contribution in [0.15, 0.2) is 24.3 Å². The lowest BCUT2D eigenvalue weighted by atomic mass is 9.82. The van der Waals surface area contributed by atoms with Crippen LogP contribution in [0, 0.1) is 0 Å². The Morgan fingerprint density at radius 1 is 1.14 bits per heavy atom. The zero-order valence-corrected chi connectivity index (χ0v) is 11.7. The van der Waals surface area contributed by atoms with E-state index in [1.165, 1.54) is 5.56 Å². The first-order chi connectivity index (χ1) is 10.1. The second-order valence-electron chi connectivity index (χ2n) is 5.66. The summed E-state index contributed by atoms with van der Waals surface area (Å²) in [5, 5.41) is 5.06. The molecule has 0 spiro atoms. The summed E-state index contributed by atoms with van der Waals surface area (Å²) in [6.45, 7) is 0. The van der Waals surface area contributed by atoms with Crippen molar-refractivity contribution in [2.75, 3.05) is 0 Å². The second kappa shape index (κ2) is 5.68. The highest BCUT2D eigenvalue weighted by atomic mass is 16.2. The molecule has 5 nitrogen and oxygen atoms in total. The summed E-state index contributed by atoms with van der Waals surface area (Å²) < 4.78 is 0. The quantitative estimate of drug-likeness (QED) is 0.797. The Morgan fingerprint density at radius 3 is 2.76 bits per heavy atom. The van der Waals surface area contributed by atoms with E-state index < -0.39 is 11.9 Å². The van der Waals surface area contributed by atoms with Crippen molar-refractivity contribution >= 4 is 17.7 Å². The molecule has 2 N–H and O–H groups in total. The van der Waals surface area contributed by atoms with Crippen molar-refractivity contribution in [3.63, 3.8) is 0 Å². The van der Waals surface area contributed by atoms with Crippen LogP contribution in [-0.2, 0) is 20.8 Å². The highest BCUT2D eigenvalue weighted by Gasteiger charge is 2.32. The molecular weight excluding hydrogens is 268 g/mol. The van der Waals surface area contributed by atoms with E-state index in [0.29, 0.717) is 6.42 Å². The summed E-state index contributed by atoms with van der Waals surface area (Å²) in [4.78, 5) is 35.3. The second-order valence-corrected chi connectivity index (χ2v) is 5.66. The van der Waals surface area contributed by atoms with Crippen molar-refractivity contribution < 1.29 is 14.4 Å². The van der Waals surface area contributed by atoms with Crippen LogP contribution < -0.4 is 10.6 Å². The van der Waals surface area contributed by atoms with Crippen molar-refractivity contribution in [2.24, 2.45) is 0 Å². The highest BCUT2D eigenvalue weighted by molar-refractivity contribution is 6.02. The monoisotopic (exact) mass is 286 g/mol. The van der Waals surface area contributed by atoms with Gasteiger partial charge in [0.15, 0.2) is 0 Å². The third kappa shape index (κ3) is 2.82. The van der Waals surface area contributed by atoms with Crippen molar-refractivity contribution in [1.29, 1.82) is 0 Å². The Bertz CT molecular complexity index is 597. The topological polar surface area (TPSA) is 75.3 Å². The number of amides is 3. The maximum absolute atomic E-state index is 12.5. The first-order valence-electron chi connectivity index (χ1n) is 7.37. The lowest BCUT2D eigenvalue weighted by Crippen LogP contribution is -2.53. The number of carbonyl (C=O) groups excluding carboxylic acids is 3. The molecule has 1 aromatic carbocycles. The molecule has 5 heteroatoms. The van der Waals surface area contributed by atoms with Gasteiger partial charge >= 0.3 is 0 Å². The van der Waals surface area contributed by atoms with Gasteiger partial charge in [-0.25, -0.2) is 0 Å². The van der Waals surface area contributed by atoms with Crippen LogP contribution in [0.4, 0.5) is 0 Å². The van der Waals surface area contributed by atoms with Gasteiger partial charge in [0, 0.05) is 6.42 Å². The van der Waals surface area contributed by atoms with Crippen molar-refractivity contribution in [3.05, 3.63) is 35.4 Å². The maximum Gasteiger partial charge on any atom is 0.249 e. The molecule has 0 saturated carbocycles. The summed E-state index contributed by atoms with van der Waals surface area (Å²) in [5.41, 5.74) is 2.28. The largest absolute Gasteiger partial charge is 0.344 e. The molecule has 21 heavy (non-hydrogen) atoms. The molecule has 1 aromatic rings. The Labute approximate surface area is 123 Å². The van der Waals surface area contributed by atoms with Gasteiger partial charge in [-0.15, -0.1) is 0 Å². The molecule has 0 bridgehead atoms. The lowest BCUT2D eigenvalue weighted by molar-refractivity contribution is -0.137. The maximum atomic E-state index is 12.5. The number of fused-ring (bicyclic) bond motifs is 1. The Kier molecular flexibility index (Phi) is 3.73. The highest BCUT2D eigenvalue weighted by Crippen LogP contribution is 2.31. The molecule has 1 unspecified atom stereocenters. The van der Waals surface area contributed by atoms with E-state index in [1.54, 1.807) is 0 Å². The van der Waals surface area contributed by atoms with Crippen LogP contribution in [0.1, 0.15) is 42.7 Å². The average molecular weight is 286 g/mol. The van der Waals surface area contributed by atoms with Crippen LogP contribution in [0.5, 0.6) is 0 Å². The van der Waals surface area contributed by atoms with Gasteiger partial charge < -0.3 is 5.32 Å². The minimum Gasteiger partial charge on any atom is -0.344 e. The molecule has 3 rings (SSSR count). The van der Waals surface area contributed by atoms with Gasteiger partial charge in [-0.2, -0.15) is 0 Å². The van der Waals surface area contributed by atoms with Crippen LogP contribution in [-0.4, -0.2) is 23.8 Å². The van der Waals surface area contributed by atoms with Gasteiger partial charge in [-0.3, -0.25) is 19.7 Å². The number of imide groups is 1. The van der Waals surface area contributed by atoms with E-state index in [2.05, 4.69) is 16.7 Å². The van der Waals surface area contributed by atoms with E-state index in [0.717, 1.165) is 24.8 Å². The van der Waals surface area contributed by atoms with Crippen molar-refractivity contribution in [3.8, 4) is 0 Å². The molecule has 110 valence electrons. The summed E-state index contributed by atoms with van der Waals surface area (Å²) >= 11 is 0. The number of carbonyl (C=O) groups is 3. The first kappa shape index (κ1) is 13.8. The Hall–Kier alpha value is -2.17. The Morgan fingerprint density at radius 2 is 1.95 bits per heavy atom. The normalized spacial score (nSPS) is 25.0. The zero-order valence-electron chi connectivity index (χ0n) is 11.7. The van der Waals surface area contributed by atoms with Gasteiger partial charge in [0.2, 0.25) is 17.7 Å². The number of aryl methyl sites for hydroxylation is 1. The molecule has 1 saturated heterocycles. The molecule has 1 heterocycles. The smallest absolute Gasteiger partial charge is 0.249 e. The summed E-state index contributed by atoms with van der Waals surface area (Å²) in [6, 6.07) is 7.38. The van der Waals surface area contributed by atoms with Crippen molar-refractivity contribution in [1.82, 2.24) is 10.6 Å². The fourth-order valence-electron chi connectivity index (χ4n) is 3.13. The minimum absolute atomic E-state index is 0.114. The lowest BCUT2D eigenvalue weighted by Gasteiger charge is -2.28. The fraction of sp³-hybridized carbons (Fsp3) is 0.438. The minimum atomic E-state index is -0.593. The van der Waals surface area contributed by atoms with Gasteiger partial charge in [0.05, 0.1) is 5.92 Å². The standard InChI is InChI=1S/C16H18N2O3/c19-14-9-8-13(16(21)18-14)17-15(20)12-7-3-5-10-4-1-2-6-11(10)12/h1-2,4,6,12-13H,3,5,7-9H2,(H,17,20)(H,18,19,21)/t12-,13?/m1/s1. The summed E-state index contributed by atoms with van der Waals surface area (Å²) in [5.74, 6) is -0.978. The predicted molar refractivity (Wildman–Crippen MR) is 76.4 cm³/mol. The van der Waals surface area contributed by atoms with Crippen LogP contribution in [0.2, 0.25) is 0 Å². The zero-order chi connectivity index (χ0) is 14.8. The number of benzene rings is 1. The Balaban J connectivity index is 1.72. The summed E-state index contributed by atoms with van der Waals surface area (Å²) in [7, 11) is 0.